The van der Waals surface area contributed by atoms with Gasteiger partial charge in [-0.1, -0.05) is 12.1 Å². The number of hydrogen-bond acceptors (Lipinski definition) is 5. The largest absolute Gasteiger partial charge is 0.504 e. The number of nitrogens with zero attached hydrogens (tertiary/aromatic N) is 1. The van der Waals surface area contributed by atoms with E-state index in [0.717, 1.165) is 0 Å². The van der Waals surface area contributed by atoms with Crippen LogP contribution in [0.15, 0.2) is 18.2 Å². The van der Waals surface area contributed by atoms with Crippen LogP contribution >= 0.6 is 23.4 Å². The SMILES string of the molecule is COc1cccc(C2SC[C@@H](C(=O)O)N2C(=O)CCl)c1O. The number of benzene rings is 1. The first-order valence-electron chi connectivity index (χ1n) is 6.08. The van der Waals surface area contributed by atoms with Gasteiger partial charge in [-0.25, -0.2) is 4.79 Å². The Morgan fingerprint density at radius 2 is 2.24 bits per heavy atom. The number of carboxylic acids is 1. The number of carbonyl (C=O) groups is 2. The predicted octanol–water partition coefficient (Wildman–Crippen LogP) is 1.67. The molecular formula is C13H14ClNO5S. The van der Waals surface area contributed by atoms with Crippen LogP contribution in [0.1, 0.15) is 10.9 Å². The van der Waals surface area contributed by atoms with Gasteiger partial charge in [0.15, 0.2) is 11.5 Å². The fourth-order valence-electron chi connectivity index (χ4n) is 2.21. The van der Waals surface area contributed by atoms with Crippen LogP contribution in [0.25, 0.3) is 0 Å². The zero-order chi connectivity index (χ0) is 15.6. The molecule has 0 saturated carbocycles. The Bertz CT molecular complexity index is 567. The van der Waals surface area contributed by atoms with Crippen molar-refractivity contribution < 1.29 is 24.5 Å². The normalized spacial score (nSPS) is 21.3. The van der Waals surface area contributed by atoms with Crippen molar-refractivity contribution in [3.05, 3.63) is 23.8 Å². The molecule has 1 heterocycles. The molecule has 0 bridgehead atoms. The molecule has 2 N–H and O–H groups in total. The summed E-state index contributed by atoms with van der Waals surface area (Å²) in [4.78, 5) is 24.5. The first-order chi connectivity index (χ1) is 10.0. The Morgan fingerprint density at radius 3 is 2.81 bits per heavy atom. The minimum absolute atomic E-state index is 0.101. The molecule has 8 heteroatoms. The molecule has 21 heavy (non-hydrogen) atoms. The third kappa shape index (κ3) is 2.89. The summed E-state index contributed by atoms with van der Waals surface area (Å²) in [6.45, 7) is 0. The number of aliphatic carboxylic acids is 1. The number of alkyl halides is 1. The van der Waals surface area contributed by atoms with Crippen molar-refractivity contribution in [3.63, 3.8) is 0 Å². The number of halogens is 1. The lowest BCUT2D eigenvalue weighted by Gasteiger charge is -2.27. The Balaban J connectivity index is 2.43. The highest BCUT2D eigenvalue weighted by Gasteiger charge is 2.43. The molecule has 0 aliphatic carbocycles. The van der Waals surface area contributed by atoms with E-state index in [1.54, 1.807) is 18.2 Å². The van der Waals surface area contributed by atoms with Gasteiger partial charge in [0.1, 0.15) is 17.3 Å². The van der Waals surface area contributed by atoms with Gasteiger partial charge in [-0.05, 0) is 6.07 Å². The van der Waals surface area contributed by atoms with Crippen molar-refractivity contribution in [2.24, 2.45) is 0 Å². The molecular weight excluding hydrogens is 318 g/mol. The smallest absolute Gasteiger partial charge is 0.327 e. The van der Waals surface area contributed by atoms with Crippen molar-refractivity contribution in [2.75, 3.05) is 18.7 Å². The minimum Gasteiger partial charge on any atom is -0.504 e. The van der Waals surface area contributed by atoms with Gasteiger partial charge >= 0.3 is 5.97 Å². The van der Waals surface area contributed by atoms with Gasteiger partial charge in [0.25, 0.3) is 0 Å². The maximum Gasteiger partial charge on any atom is 0.327 e. The molecule has 1 aliphatic heterocycles. The number of thioether (sulfide) groups is 1. The maximum absolute atomic E-state index is 12.0. The summed E-state index contributed by atoms with van der Waals surface area (Å²) < 4.78 is 5.04. The number of ether oxygens (including phenoxy) is 1. The molecule has 1 unspecified atom stereocenters. The van der Waals surface area contributed by atoms with Crippen molar-refractivity contribution in [1.29, 1.82) is 0 Å². The van der Waals surface area contributed by atoms with E-state index < -0.39 is 23.3 Å². The summed E-state index contributed by atoms with van der Waals surface area (Å²) in [5.74, 6) is -1.49. The Morgan fingerprint density at radius 1 is 1.52 bits per heavy atom. The molecule has 1 amide bonds. The average molecular weight is 332 g/mol. The number of para-hydroxylation sites is 1. The van der Waals surface area contributed by atoms with E-state index in [-0.39, 0.29) is 23.1 Å². The molecule has 1 fully saturated rings. The van der Waals surface area contributed by atoms with E-state index in [4.69, 9.17) is 16.3 Å². The Kier molecular flexibility index (Phi) is 4.84. The molecule has 2 atom stereocenters. The lowest BCUT2D eigenvalue weighted by atomic mass is 10.1. The maximum atomic E-state index is 12.0. The third-order valence-electron chi connectivity index (χ3n) is 3.20. The molecule has 1 aliphatic rings. The lowest BCUT2D eigenvalue weighted by molar-refractivity contribution is -0.148. The van der Waals surface area contributed by atoms with E-state index in [2.05, 4.69) is 0 Å². The summed E-state index contributed by atoms with van der Waals surface area (Å²) in [6, 6.07) is 3.93. The fourth-order valence-corrected chi connectivity index (χ4v) is 3.81. The number of carbonyl (C=O) groups excluding carboxylic acids is 1. The van der Waals surface area contributed by atoms with Gasteiger partial charge in [-0.2, -0.15) is 0 Å². The number of phenols is 1. The summed E-state index contributed by atoms with van der Waals surface area (Å²) in [5, 5.41) is 18.8. The molecule has 0 spiro atoms. The van der Waals surface area contributed by atoms with E-state index in [0.29, 0.717) is 5.56 Å². The number of phenolic OH excluding ortho intramolecular Hbond substituents is 1. The highest BCUT2D eigenvalue weighted by Crippen LogP contribution is 2.46. The molecule has 0 aromatic heterocycles. The summed E-state index contributed by atoms with van der Waals surface area (Å²) in [7, 11) is 1.42. The van der Waals surface area contributed by atoms with Gasteiger partial charge in [0.2, 0.25) is 5.91 Å². The van der Waals surface area contributed by atoms with Gasteiger partial charge in [0, 0.05) is 11.3 Å². The average Bonchev–Trinajstić information content (AvgIpc) is 2.91. The van der Waals surface area contributed by atoms with Crippen LogP contribution in [0.5, 0.6) is 11.5 Å². The molecule has 2 rings (SSSR count). The second-order valence-electron chi connectivity index (χ2n) is 4.37. The number of methoxy groups -OCH3 is 1. The van der Waals surface area contributed by atoms with Crippen LogP contribution < -0.4 is 4.74 Å². The molecule has 0 radical (unpaired) electrons. The molecule has 1 saturated heterocycles. The molecule has 1 aromatic carbocycles. The number of hydrogen-bond donors (Lipinski definition) is 2. The minimum atomic E-state index is -1.09. The second-order valence-corrected chi connectivity index (χ2v) is 5.75. The first-order valence-corrected chi connectivity index (χ1v) is 7.67. The van der Waals surface area contributed by atoms with E-state index in [9.17, 15) is 19.8 Å². The second kappa shape index (κ2) is 6.44. The van der Waals surface area contributed by atoms with Crippen molar-refractivity contribution in [2.45, 2.75) is 11.4 Å². The zero-order valence-electron chi connectivity index (χ0n) is 11.2. The highest BCUT2D eigenvalue weighted by molar-refractivity contribution is 7.99. The van der Waals surface area contributed by atoms with E-state index >= 15 is 0 Å². The van der Waals surface area contributed by atoms with Crippen molar-refractivity contribution >= 4 is 35.2 Å². The summed E-state index contributed by atoms with van der Waals surface area (Å²) in [6.07, 6.45) is 0. The molecule has 114 valence electrons. The van der Waals surface area contributed by atoms with Crippen LogP contribution in [-0.4, -0.2) is 51.8 Å². The van der Waals surface area contributed by atoms with Gasteiger partial charge in [0.05, 0.1) is 7.11 Å². The summed E-state index contributed by atoms with van der Waals surface area (Å²) >= 11 is 6.84. The fraction of sp³-hybridized carbons (Fsp3) is 0.385. The standard InChI is InChI=1S/C13H14ClNO5S/c1-20-9-4-2-3-7(11(9)17)12-15(10(16)5-14)8(6-21-12)13(18)19/h2-4,8,12,17H,5-6H2,1H3,(H,18,19)/t8-,12?/m0/s1. The Hall–Kier alpha value is -1.60. The van der Waals surface area contributed by atoms with Gasteiger partial charge in [-0.3, -0.25) is 4.79 Å². The topological polar surface area (TPSA) is 87.1 Å². The van der Waals surface area contributed by atoms with Gasteiger partial charge < -0.3 is 19.8 Å². The van der Waals surface area contributed by atoms with Crippen LogP contribution in [0.2, 0.25) is 0 Å². The zero-order valence-corrected chi connectivity index (χ0v) is 12.7. The predicted molar refractivity (Wildman–Crippen MR) is 78.8 cm³/mol. The van der Waals surface area contributed by atoms with Crippen LogP contribution in [0.4, 0.5) is 0 Å². The van der Waals surface area contributed by atoms with E-state index in [1.165, 1.54) is 23.8 Å². The quantitative estimate of drug-likeness (QED) is 0.816. The van der Waals surface area contributed by atoms with Crippen LogP contribution in [-0.2, 0) is 9.59 Å². The monoisotopic (exact) mass is 331 g/mol. The number of carboxylic acid groups (broad SMARTS) is 1. The van der Waals surface area contributed by atoms with E-state index in [1.807, 2.05) is 0 Å². The van der Waals surface area contributed by atoms with Crippen molar-refractivity contribution in [1.82, 2.24) is 4.90 Å². The van der Waals surface area contributed by atoms with Crippen LogP contribution in [0, 0.1) is 0 Å². The Labute approximate surface area is 130 Å². The number of rotatable bonds is 4. The number of aromatic hydroxyl groups is 1. The van der Waals surface area contributed by atoms with Crippen LogP contribution in [0.3, 0.4) is 0 Å². The lowest BCUT2D eigenvalue weighted by Crippen LogP contribution is -2.43. The first kappa shape index (κ1) is 15.8. The van der Waals surface area contributed by atoms with Crippen molar-refractivity contribution in [3.8, 4) is 11.5 Å². The van der Waals surface area contributed by atoms with Gasteiger partial charge in [-0.15, -0.1) is 23.4 Å². The molecule has 6 nitrogen and oxygen atoms in total. The third-order valence-corrected chi connectivity index (χ3v) is 4.74. The highest BCUT2D eigenvalue weighted by atomic mass is 35.5. The molecule has 1 aromatic rings. The summed E-state index contributed by atoms with van der Waals surface area (Å²) in [5.41, 5.74) is 0.432. The number of amides is 1.